The zero-order valence-corrected chi connectivity index (χ0v) is 17.4. The maximum atomic E-state index is 12.9. The normalized spacial score (nSPS) is 10.4. The number of thiazole rings is 1. The molecule has 1 amide bonds. The lowest BCUT2D eigenvalue weighted by atomic mass is 10.2. The van der Waals surface area contributed by atoms with Crippen molar-refractivity contribution >= 4 is 17.2 Å². The Morgan fingerprint density at radius 2 is 2.00 bits per heavy atom. The van der Waals surface area contributed by atoms with Gasteiger partial charge in [0.1, 0.15) is 23.1 Å². The van der Waals surface area contributed by atoms with Gasteiger partial charge in [0.25, 0.3) is 5.91 Å². The first-order valence-corrected chi connectivity index (χ1v) is 10.1. The van der Waals surface area contributed by atoms with Crippen LogP contribution in [-0.4, -0.2) is 29.4 Å². The minimum atomic E-state index is -0.0886. The third-order valence-electron chi connectivity index (χ3n) is 4.26. The van der Waals surface area contributed by atoms with Crippen molar-refractivity contribution in [1.82, 2.24) is 9.88 Å². The van der Waals surface area contributed by atoms with Crippen LogP contribution in [-0.2, 0) is 13.2 Å². The van der Waals surface area contributed by atoms with E-state index < -0.39 is 0 Å². The Labute approximate surface area is 175 Å². The Bertz CT molecular complexity index is 984. The first-order chi connectivity index (χ1) is 14.1. The molecule has 0 aliphatic rings. The highest BCUT2D eigenvalue weighted by Gasteiger charge is 2.17. The highest BCUT2D eigenvalue weighted by molar-refractivity contribution is 7.09. The second-order valence-corrected chi connectivity index (χ2v) is 7.49. The Balaban J connectivity index is 1.66. The lowest BCUT2D eigenvalue weighted by Crippen LogP contribution is -2.30. The summed E-state index contributed by atoms with van der Waals surface area (Å²) in [6, 6.07) is 15.1. The number of nitrogens with zero attached hydrogens (tertiary/aromatic N) is 2. The molecule has 0 spiro atoms. The van der Waals surface area contributed by atoms with Gasteiger partial charge >= 0.3 is 0 Å². The minimum Gasteiger partial charge on any atom is -0.497 e. The smallest absolute Gasteiger partial charge is 0.254 e. The number of hydrogen-bond donors (Lipinski definition) is 0. The molecular formula is C23H24N2O3S. The fourth-order valence-electron chi connectivity index (χ4n) is 2.85. The number of benzene rings is 2. The summed E-state index contributed by atoms with van der Waals surface area (Å²) >= 11 is 1.53. The van der Waals surface area contributed by atoms with Crippen molar-refractivity contribution in [2.24, 2.45) is 0 Å². The van der Waals surface area contributed by atoms with Crippen LogP contribution in [0.3, 0.4) is 0 Å². The van der Waals surface area contributed by atoms with Crippen LogP contribution in [0.2, 0.25) is 0 Å². The Kier molecular flexibility index (Phi) is 7.03. The number of methoxy groups -OCH3 is 1. The first kappa shape index (κ1) is 20.6. The number of ether oxygens (including phenoxy) is 2. The van der Waals surface area contributed by atoms with Gasteiger partial charge < -0.3 is 14.4 Å². The number of aryl methyl sites for hydroxylation is 1. The Hall–Kier alpha value is -3.12. The average molecular weight is 409 g/mol. The van der Waals surface area contributed by atoms with E-state index in [1.165, 1.54) is 11.3 Å². The summed E-state index contributed by atoms with van der Waals surface area (Å²) in [5, 5.41) is 2.83. The second kappa shape index (κ2) is 9.89. The molecule has 0 unspecified atom stereocenters. The molecule has 5 nitrogen and oxygen atoms in total. The van der Waals surface area contributed by atoms with E-state index in [1.54, 1.807) is 30.2 Å². The van der Waals surface area contributed by atoms with Gasteiger partial charge in [-0.15, -0.1) is 17.9 Å². The first-order valence-electron chi connectivity index (χ1n) is 9.26. The van der Waals surface area contributed by atoms with Crippen molar-refractivity contribution in [2.75, 3.05) is 13.7 Å². The molecule has 0 aliphatic carbocycles. The zero-order chi connectivity index (χ0) is 20.6. The van der Waals surface area contributed by atoms with Crippen molar-refractivity contribution in [1.29, 1.82) is 0 Å². The van der Waals surface area contributed by atoms with Gasteiger partial charge in [0.2, 0.25) is 0 Å². The van der Waals surface area contributed by atoms with Crippen LogP contribution in [0.5, 0.6) is 11.5 Å². The third-order valence-corrected chi connectivity index (χ3v) is 5.13. The number of carbonyl (C=O) groups is 1. The van der Waals surface area contributed by atoms with Gasteiger partial charge in [0.15, 0.2) is 0 Å². The number of rotatable bonds is 9. The van der Waals surface area contributed by atoms with E-state index in [2.05, 4.69) is 11.6 Å². The van der Waals surface area contributed by atoms with Crippen LogP contribution in [0.4, 0.5) is 0 Å². The molecule has 0 saturated carbocycles. The molecule has 3 rings (SSSR count). The topological polar surface area (TPSA) is 51.7 Å². The molecule has 0 atom stereocenters. The molecule has 2 aromatic carbocycles. The SMILES string of the molecule is C=CCN(Cc1csc(COc2cccc(C)c2)n1)C(=O)c1cccc(OC)c1. The second-order valence-electron chi connectivity index (χ2n) is 6.54. The van der Waals surface area contributed by atoms with Gasteiger partial charge in [-0.05, 0) is 42.8 Å². The molecule has 0 aliphatic heterocycles. The number of aromatic nitrogens is 1. The van der Waals surface area contributed by atoms with Crippen molar-refractivity contribution < 1.29 is 14.3 Å². The zero-order valence-electron chi connectivity index (χ0n) is 16.6. The predicted molar refractivity (Wildman–Crippen MR) is 116 cm³/mol. The predicted octanol–water partition coefficient (Wildman–Crippen LogP) is 4.87. The summed E-state index contributed by atoms with van der Waals surface area (Å²) in [4.78, 5) is 19.3. The van der Waals surface area contributed by atoms with E-state index in [0.717, 1.165) is 22.0 Å². The lowest BCUT2D eigenvalue weighted by Gasteiger charge is -2.20. The standard InChI is InChI=1S/C23H24N2O3S/c1-4-11-25(23(26)18-8-6-9-20(13-18)27-3)14-19-16-29-22(24-19)15-28-21-10-5-7-17(2)12-21/h4-10,12-13,16H,1,11,14-15H2,2-3H3. The van der Waals surface area contributed by atoms with E-state index in [9.17, 15) is 4.79 Å². The van der Waals surface area contributed by atoms with E-state index in [-0.39, 0.29) is 5.91 Å². The van der Waals surface area contributed by atoms with Crippen LogP contribution in [0.25, 0.3) is 0 Å². The summed E-state index contributed by atoms with van der Waals surface area (Å²) in [7, 11) is 1.58. The highest BCUT2D eigenvalue weighted by Crippen LogP contribution is 2.19. The summed E-state index contributed by atoms with van der Waals surface area (Å²) in [5.41, 5.74) is 2.55. The molecule has 3 aromatic rings. The molecule has 0 bridgehead atoms. The van der Waals surface area contributed by atoms with Crippen LogP contribution in [0, 0.1) is 6.92 Å². The van der Waals surface area contributed by atoms with Crippen molar-refractivity contribution in [2.45, 2.75) is 20.1 Å². The number of amides is 1. The molecule has 0 N–H and O–H groups in total. The molecule has 0 saturated heterocycles. The molecule has 6 heteroatoms. The largest absolute Gasteiger partial charge is 0.497 e. The molecule has 1 heterocycles. The van der Waals surface area contributed by atoms with Crippen LogP contribution in [0.1, 0.15) is 26.6 Å². The van der Waals surface area contributed by atoms with E-state index >= 15 is 0 Å². The summed E-state index contributed by atoms with van der Waals surface area (Å²) < 4.78 is 11.0. The van der Waals surface area contributed by atoms with Crippen LogP contribution >= 0.6 is 11.3 Å². The molecule has 1 aromatic heterocycles. The van der Waals surface area contributed by atoms with E-state index in [0.29, 0.717) is 31.0 Å². The average Bonchev–Trinajstić information content (AvgIpc) is 3.19. The summed E-state index contributed by atoms with van der Waals surface area (Å²) in [5.74, 6) is 1.39. The van der Waals surface area contributed by atoms with E-state index in [4.69, 9.17) is 9.47 Å². The van der Waals surface area contributed by atoms with Gasteiger partial charge in [-0.25, -0.2) is 4.98 Å². The molecule has 150 valence electrons. The van der Waals surface area contributed by atoms with Gasteiger partial charge in [0, 0.05) is 17.5 Å². The van der Waals surface area contributed by atoms with E-state index in [1.807, 2.05) is 48.7 Å². The molecular weight excluding hydrogens is 384 g/mol. The van der Waals surface area contributed by atoms with Crippen molar-refractivity contribution in [3.8, 4) is 11.5 Å². The van der Waals surface area contributed by atoms with Gasteiger partial charge in [-0.1, -0.05) is 24.3 Å². The molecule has 0 fully saturated rings. The van der Waals surface area contributed by atoms with Crippen LogP contribution < -0.4 is 9.47 Å². The van der Waals surface area contributed by atoms with Crippen LogP contribution in [0.15, 0.2) is 66.6 Å². The fraction of sp³-hybridized carbons (Fsp3) is 0.217. The van der Waals surface area contributed by atoms with Gasteiger partial charge in [0.05, 0.1) is 19.3 Å². The van der Waals surface area contributed by atoms with Crippen molar-refractivity contribution in [3.63, 3.8) is 0 Å². The summed E-state index contributed by atoms with van der Waals surface area (Å²) in [6.07, 6.45) is 1.71. The monoisotopic (exact) mass is 408 g/mol. The minimum absolute atomic E-state index is 0.0886. The lowest BCUT2D eigenvalue weighted by molar-refractivity contribution is 0.0760. The number of hydrogen-bond acceptors (Lipinski definition) is 5. The van der Waals surface area contributed by atoms with Crippen molar-refractivity contribution in [3.05, 3.63) is 88.4 Å². The Morgan fingerprint density at radius 1 is 1.21 bits per heavy atom. The maximum Gasteiger partial charge on any atom is 0.254 e. The third kappa shape index (κ3) is 5.68. The molecule has 0 radical (unpaired) electrons. The summed E-state index contributed by atoms with van der Waals surface area (Å²) in [6.45, 7) is 7.04. The number of carbonyl (C=O) groups excluding carboxylic acids is 1. The highest BCUT2D eigenvalue weighted by atomic mass is 32.1. The Morgan fingerprint density at radius 3 is 2.76 bits per heavy atom. The maximum absolute atomic E-state index is 12.9. The quantitative estimate of drug-likeness (QED) is 0.474. The van der Waals surface area contributed by atoms with Gasteiger partial charge in [-0.3, -0.25) is 4.79 Å². The fourth-order valence-corrected chi connectivity index (χ4v) is 3.54. The van der Waals surface area contributed by atoms with Gasteiger partial charge in [-0.2, -0.15) is 0 Å². The molecule has 29 heavy (non-hydrogen) atoms.